The van der Waals surface area contributed by atoms with Gasteiger partial charge in [-0.05, 0) is 37.5 Å². The summed E-state index contributed by atoms with van der Waals surface area (Å²) in [5, 5.41) is 16.9. The van der Waals surface area contributed by atoms with Crippen LogP contribution in [-0.4, -0.2) is 48.2 Å². The average Bonchev–Trinajstić information content (AvgIpc) is 3.23. The summed E-state index contributed by atoms with van der Waals surface area (Å²) in [5.41, 5.74) is 1.37. The van der Waals surface area contributed by atoms with E-state index in [-0.39, 0.29) is 30.5 Å². The van der Waals surface area contributed by atoms with Gasteiger partial charge in [-0.3, -0.25) is 9.89 Å². The Morgan fingerprint density at radius 3 is 2.61 bits per heavy atom. The predicted molar refractivity (Wildman–Crippen MR) is 123 cm³/mol. The second-order valence-electron chi connectivity index (χ2n) is 6.93. The summed E-state index contributed by atoms with van der Waals surface area (Å²) in [4.78, 5) is 7.02. The molecule has 0 radical (unpaired) electrons. The van der Waals surface area contributed by atoms with Crippen molar-refractivity contribution in [1.82, 2.24) is 15.5 Å². The Morgan fingerprint density at radius 1 is 1.21 bits per heavy atom. The number of halogens is 1. The standard InChI is InChI=1S/C21H30N4O2.HI/c1-2-22-21(23-15-19(26)20-9-6-14-27-20)24-18-10-12-25(13-11-18)16-17-7-4-3-5-8-17;/h3-9,14,18-19,26H,2,10-13,15-16H2,1H3,(H2,22,23,24);1H. The van der Waals surface area contributed by atoms with E-state index in [2.05, 4.69) is 50.9 Å². The molecule has 1 aromatic carbocycles. The molecule has 1 aliphatic heterocycles. The largest absolute Gasteiger partial charge is 0.467 e. The Bertz CT molecular complexity index is 686. The second-order valence-corrected chi connectivity index (χ2v) is 6.93. The molecule has 1 aliphatic rings. The van der Waals surface area contributed by atoms with Gasteiger partial charge in [0.15, 0.2) is 5.96 Å². The number of aliphatic imine (C=N–C) groups is 1. The van der Waals surface area contributed by atoms with E-state index < -0.39 is 6.10 Å². The van der Waals surface area contributed by atoms with Crippen LogP contribution in [0.1, 0.15) is 37.2 Å². The van der Waals surface area contributed by atoms with Crippen LogP contribution >= 0.6 is 24.0 Å². The Hall–Kier alpha value is -1.58. The van der Waals surface area contributed by atoms with Crippen molar-refractivity contribution in [3.05, 3.63) is 60.1 Å². The van der Waals surface area contributed by atoms with Crippen molar-refractivity contribution < 1.29 is 9.52 Å². The van der Waals surface area contributed by atoms with Crippen molar-refractivity contribution in [1.29, 1.82) is 0 Å². The molecule has 28 heavy (non-hydrogen) atoms. The Kier molecular flexibility index (Phi) is 9.80. The number of aliphatic hydroxyl groups is 1. The van der Waals surface area contributed by atoms with Gasteiger partial charge < -0.3 is 20.2 Å². The van der Waals surface area contributed by atoms with Gasteiger partial charge in [0, 0.05) is 32.2 Å². The zero-order valence-electron chi connectivity index (χ0n) is 16.4. The third kappa shape index (κ3) is 7.10. The molecule has 7 heteroatoms. The molecule has 1 saturated heterocycles. The highest BCUT2D eigenvalue weighted by Gasteiger charge is 2.20. The van der Waals surface area contributed by atoms with Crippen molar-refractivity contribution in [3.8, 4) is 0 Å². The number of benzene rings is 1. The first kappa shape index (κ1) is 22.7. The topological polar surface area (TPSA) is 73.0 Å². The minimum absolute atomic E-state index is 0. The molecule has 0 saturated carbocycles. The number of likely N-dealkylation sites (tertiary alicyclic amines) is 1. The van der Waals surface area contributed by atoms with Crippen LogP contribution in [0.5, 0.6) is 0 Å². The van der Waals surface area contributed by atoms with Gasteiger partial charge in [-0.15, -0.1) is 24.0 Å². The zero-order valence-corrected chi connectivity index (χ0v) is 18.7. The zero-order chi connectivity index (χ0) is 18.9. The van der Waals surface area contributed by atoms with Gasteiger partial charge in [0.05, 0.1) is 12.8 Å². The van der Waals surface area contributed by atoms with E-state index in [1.165, 1.54) is 5.56 Å². The van der Waals surface area contributed by atoms with Gasteiger partial charge in [-0.2, -0.15) is 0 Å². The van der Waals surface area contributed by atoms with Crippen molar-refractivity contribution >= 4 is 29.9 Å². The summed E-state index contributed by atoms with van der Waals surface area (Å²) in [5.74, 6) is 1.30. The lowest BCUT2D eigenvalue weighted by molar-refractivity contribution is 0.158. The lowest BCUT2D eigenvalue weighted by Gasteiger charge is -2.33. The van der Waals surface area contributed by atoms with Crippen LogP contribution in [0.15, 0.2) is 58.1 Å². The van der Waals surface area contributed by atoms with Gasteiger partial charge in [-0.25, -0.2) is 0 Å². The number of nitrogens with zero attached hydrogens (tertiary/aromatic N) is 2. The fraction of sp³-hybridized carbons (Fsp3) is 0.476. The summed E-state index contributed by atoms with van der Waals surface area (Å²) in [7, 11) is 0. The monoisotopic (exact) mass is 498 g/mol. The first-order valence-corrected chi connectivity index (χ1v) is 9.77. The van der Waals surface area contributed by atoms with E-state index in [0.29, 0.717) is 11.8 Å². The number of piperidine rings is 1. The summed E-state index contributed by atoms with van der Waals surface area (Å²) >= 11 is 0. The predicted octanol–water partition coefficient (Wildman–Crippen LogP) is 3.15. The SMILES string of the molecule is CCNC(=NCC(O)c1ccco1)NC1CCN(Cc2ccccc2)CC1.I. The molecule has 3 rings (SSSR count). The van der Waals surface area contributed by atoms with Gasteiger partial charge in [0.2, 0.25) is 0 Å². The molecular formula is C21H31IN4O2. The Balaban J connectivity index is 0.00000280. The van der Waals surface area contributed by atoms with Crippen molar-refractivity contribution in [2.24, 2.45) is 4.99 Å². The van der Waals surface area contributed by atoms with Crippen molar-refractivity contribution in [3.63, 3.8) is 0 Å². The maximum atomic E-state index is 10.1. The first-order chi connectivity index (χ1) is 13.2. The summed E-state index contributed by atoms with van der Waals surface area (Å²) in [6, 6.07) is 14.6. The Labute approximate surface area is 184 Å². The maximum Gasteiger partial charge on any atom is 0.191 e. The highest BCUT2D eigenvalue weighted by Crippen LogP contribution is 2.15. The lowest BCUT2D eigenvalue weighted by Crippen LogP contribution is -2.48. The molecule has 6 nitrogen and oxygen atoms in total. The van der Waals surface area contributed by atoms with Gasteiger partial charge in [0.1, 0.15) is 11.9 Å². The molecule has 1 atom stereocenters. The van der Waals surface area contributed by atoms with Crippen LogP contribution in [0, 0.1) is 0 Å². The minimum atomic E-state index is -0.719. The van der Waals surface area contributed by atoms with Crippen molar-refractivity contribution in [2.45, 2.75) is 38.5 Å². The lowest BCUT2D eigenvalue weighted by atomic mass is 10.0. The molecule has 2 heterocycles. The summed E-state index contributed by atoms with van der Waals surface area (Å²) in [6.45, 7) is 6.26. The van der Waals surface area contributed by atoms with Crippen LogP contribution in [0.2, 0.25) is 0 Å². The molecule has 3 N–H and O–H groups in total. The van der Waals surface area contributed by atoms with Gasteiger partial charge >= 0.3 is 0 Å². The van der Waals surface area contributed by atoms with E-state index in [1.54, 1.807) is 18.4 Å². The quantitative estimate of drug-likeness (QED) is 0.311. The van der Waals surface area contributed by atoms with E-state index in [9.17, 15) is 5.11 Å². The third-order valence-corrected chi connectivity index (χ3v) is 4.82. The fourth-order valence-corrected chi connectivity index (χ4v) is 3.34. The van der Waals surface area contributed by atoms with Crippen LogP contribution in [0.4, 0.5) is 0 Å². The first-order valence-electron chi connectivity index (χ1n) is 9.77. The van der Waals surface area contributed by atoms with Gasteiger partial charge in [0.25, 0.3) is 0 Å². The molecule has 2 aromatic rings. The molecule has 0 spiro atoms. The van der Waals surface area contributed by atoms with E-state index in [0.717, 1.165) is 45.0 Å². The van der Waals surface area contributed by atoms with E-state index in [1.807, 2.05) is 6.92 Å². The number of guanidine groups is 1. The van der Waals surface area contributed by atoms with Crippen LogP contribution in [0.25, 0.3) is 0 Å². The number of furan rings is 1. The highest BCUT2D eigenvalue weighted by molar-refractivity contribution is 14.0. The smallest absolute Gasteiger partial charge is 0.191 e. The summed E-state index contributed by atoms with van der Waals surface area (Å²) < 4.78 is 5.23. The maximum absolute atomic E-state index is 10.1. The van der Waals surface area contributed by atoms with E-state index >= 15 is 0 Å². The number of hydrogen-bond donors (Lipinski definition) is 3. The minimum Gasteiger partial charge on any atom is -0.467 e. The molecule has 0 bridgehead atoms. The number of nitrogens with one attached hydrogen (secondary N) is 2. The molecule has 1 aromatic heterocycles. The highest BCUT2D eigenvalue weighted by atomic mass is 127. The summed E-state index contributed by atoms with van der Waals surface area (Å²) in [6.07, 6.45) is 3.01. The molecule has 1 unspecified atom stereocenters. The number of rotatable bonds is 7. The molecule has 0 aliphatic carbocycles. The fourth-order valence-electron chi connectivity index (χ4n) is 3.34. The average molecular weight is 498 g/mol. The van der Waals surface area contributed by atoms with Crippen LogP contribution in [0.3, 0.4) is 0 Å². The number of aliphatic hydroxyl groups excluding tert-OH is 1. The molecule has 0 amide bonds. The third-order valence-electron chi connectivity index (χ3n) is 4.82. The van der Waals surface area contributed by atoms with Gasteiger partial charge in [-0.1, -0.05) is 30.3 Å². The molecule has 154 valence electrons. The Morgan fingerprint density at radius 2 is 1.96 bits per heavy atom. The van der Waals surface area contributed by atoms with Crippen molar-refractivity contribution in [2.75, 3.05) is 26.2 Å². The van der Waals surface area contributed by atoms with Crippen LogP contribution in [-0.2, 0) is 6.54 Å². The van der Waals surface area contributed by atoms with Crippen LogP contribution < -0.4 is 10.6 Å². The van der Waals surface area contributed by atoms with E-state index in [4.69, 9.17) is 4.42 Å². The second kappa shape index (κ2) is 12.1. The molecular weight excluding hydrogens is 467 g/mol. The normalized spacial score (nSPS) is 17.0. The molecule has 1 fully saturated rings. The number of hydrogen-bond acceptors (Lipinski definition) is 4.